The van der Waals surface area contributed by atoms with Gasteiger partial charge in [0.05, 0.1) is 22.8 Å². The van der Waals surface area contributed by atoms with Crippen molar-refractivity contribution >= 4 is 31.7 Å². The summed E-state index contributed by atoms with van der Waals surface area (Å²) in [5, 5.41) is 9.08. The van der Waals surface area contributed by atoms with Crippen molar-refractivity contribution in [2.75, 3.05) is 24.4 Å². The standard InChI is InChI=1S/C19H22N2O7S2/c1-2-28-17-9-8-15(13-18(17)30(26,27)21-10-3-4-11-21)20-29(24,25)16-7-5-6-14(12-16)19(22)23/h5-9,12-13,20H,2-4,10-11H2,1H3,(H,22,23). The zero-order valence-electron chi connectivity index (χ0n) is 16.2. The lowest BCUT2D eigenvalue weighted by Gasteiger charge is -2.19. The fourth-order valence-electron chi connectivity index (χ4n) is 3.13. The number of aromatic carboxylic acids is 1. The number of nitrogens with one attached hydrogen (secondary N) is 1. The lowest BCUT2D eigenvalue weighted by atomic mass is 10.2. The first-order chi connectivity index (χ1) is 14.1. The highest BCUT2D eigenvalue weighted by molar-refractivity contribution is 7.92. The SMILES string of the molecule is CCOc1ccc(NS(=O)(=O)c2cccc(C(=O)O)c2)cc1S(=O)(=O)N1CCCC1. The summed E-state index contributed by atoms with van der Waals surface area (Å²) in [5.41, 5.74) is -0.154. The fourth-order valence-corrected chi connectivity index (χ4v) is 5.89. The molecule has 1 aliphatic rings. The second-order valence-electron chi connectivity index (χ2n) is 6.64. The van der Waals surface area contributed by atoms with E-state index in [2.05, 4.69) is 4.72 Å². The van der Waals surface area contributed by atoms with Crippen LogP contribution in [0.4, 0.5) is 5.69 Å². The smallest absolute Gasteiger partial charge is 0.335 e. The van der Waals surface area contributed by atoms with Gasteiger partial charge in [-0.05, 0) is 56.2 Å². The maximum Gasteiger partial charge on any atom is 0.335 e. The molecule has 0 aromatic heterocycles. The van der Waals surface area contributed by atoms with E-state index in [0.717, 1.165) is 18.9 Å². The molecule has 0 unspecified atom stereocenters. The van der Waals surface area contributed by atoms with E-state index < -0.39 is 26.0 Å². The number of anilines is 1. The highest BCUT2D eigenvalue weighted by Crippen LogP contribution is 2.32. The van der Waals surface area contributed by atoms with Crippen LogP contribution in [-0.2, 0) is 20.0 Å². The van der Waals surface area contributed by atoms with Crippen molar-refractivity contribution in [2.24, 2.45) is 0 Å². The molecule has 2 aromatic rings. The highest BCUT2D eigenvalue weighted by Gasteiger charge is 2.30. The summed E-state index contributed by atoms with van der Waals surface area (Å²) in [7, 11) is -7.99. The number of carboxylic acid groups (broad SMARTS) is 1. The van der Waals surface area contributed by atoms with Crippen molar-refractivity contribution in [1.82, 2.24) is 4.31 Å². The number of nitrogens with zero attached hydrogens (tertiary/aromatic N) is 1. The Labute approximate surface area is 175 Å². The van der Waals surface area contributed by atoms with E-state index in [1.807, 2.05) is 0 Å². The van der Waals surface area contributed by atoms with Crippen LogP contribution < -0.4 is 9.46 Å². The number of benzene rings is 2. The molecule has 0 radical (unpaired) electrons. The second kappa shape index (κ2) is 8.62. The molecule has 30 heavy (non-hydrogen) atoms. The molecule has 162 valence electrons. The minimum absolute atomic E-state index is 0.0250. The topological polar surface area (TPSA) is 130 Å². The quantitative estimate of drug-likeness (QED) is 0.626. The molecule has 11 heteroatoms. The summed E-state index contributed by atoms with van der Waals surface area (Å²) in [6.07, 6.45) is 1.52. The first-order valence-corrected chi connectivity index (χ1v) is 12.2. The summed E-state index contributed by atoms with van der Waals surface area (Å²) in [6, 6.07) is 8.90. The zero-order valence-corrected chi connectivity index (χ0v) is 17.9. The highest BCUT2D eigenvalue weighted by atomic mass is 32.2. The monoisotopic (exact) mass is 454 g/mol. The summed E-state index contributed by atoms with van der Waals surface area (Å²) >= 11 is 0. The van der Waals surface area contributed by atoms with Gasteiger partial charge in [-0.2, -0.15) is 4.31 Å². The summed E-state index contributed by atoms with van der Waals surface area (Å²) in [6.45, 7) is 2.76. The largest absolute Gasteiger partial charge is 0.492 e. The van der Waals surface area contributed by atoms with Crippen LogP contribution in [0.3, 0.4) is 0 Å². The molecule has 1 saturated heterocycles. The molecule has 1 fully saturated rings. The molecular weight excluding hydrogens is 432 g/mol. The number of hydrogen-bond donors (Lipinski definition) is 2. The number of hydrogen-bond acceptors (Lipinski definition) is 6. The maximum absolute atomic E-state index is 13.0. The van der Waals surface area contributed by atoms with E-state index in [4.69, 9.17) is 9.84 Å². The number of carbonyl (C=O) groups is 1. The molecule has 0 atom stereocenters. The average Bonchev–Trinajstić information content (AvgIpc) is 3.25. The molecule has 0 saturated carbocycles. The van der Waals surface area contributed by atoms with Crippen LogP contribution >= 0.6 is 0 Å². The van der Waals surface area contributed by atoms with E-state index in [-0.39, 0.29) is 33.4 Å². The molecule has 0 spiro atoms. The first kappa shape index (κ1) is 22.1. The van der Waals surface area contributed by atoms with E-state index in [1.54, 1.807) is 6.92 Å². The maximum atomic E-state index is 13.0. The van der Waals surface area contributed by atoms with Gasteiger partial charge >= 0.3 is 5.97 Å². The third-order valence-corrected chi connectivity index (χ3v) is 7.87. The van der Waals surface area contributed by atoms with Crippen LogP contribution in [0.1, 0.15) is 30.1 Å². The molecule has 2 N–H and O–H groups in total. The lowest BCUT2D eigenvalue weighted by molar-refractivity contribution is 0.0696. The summed E-state index contributed by atoms with van der Waals surface area (Å²) < 4.78 is 60.6. The molecule has 1 heterocycles. The van der Waals surface area contributed by atoms with Gasteiger partial charge in [0.15, 0.2) is 0 Å². The van der Waals surface area contributed by atoms with Crippen LogP contribution in [0.15, 0.2) is 52.3 Å². The van der Waals surface area contributed by atoms with Crippen LogP contribution in [0.5, 0.6) is 5.75 Å². The van der Waals surface area contributed by atoms with Gasteiger partial charge in [0.1, 0.15) is 10.6 Å². The third kappa shape index (κ3) is 4.58. The fraction of sp³-hybridized carbons (Fsp3) is 0.316. The average molecular weight is 455 g/mol. The lowest BCUT2D eigenvalue weighted by Crippen LogP contribution is -2.28. The Balaban J connectivity index is 1.99. The van der Waals surface area contributed by atoms with E-state index in [1.165, 1.54) is 40.7 Å². The van der Waals surface area contributed by atoms with Gasteiger partial charge in [0.25, 0.3) is 10.0 Å². The Morgan fingerprint density at radius 3 is 2.43 bits per heavy atom. The Morgan fingerprint density at radius 1 is 1.10 bits per heavy atom. The van der Waals surface area contributed by atoms with Gasteiger partial charge in [-0.25, -0.2) is 21.6 Å². The number of sulfonamides is 2. The predicted octanol–water partition coefficient (Wildman–Crippen LogP) is 2.37. The van der Waals surface area contributed by atoms with Gasteiger partial charge < -0.3 is 9.84 Å². The van der Waals surface area contributed by atoms with Crippen molar-refractivity contribution in [3.8, 4) is 5.75 Å². The zero-order chi connectivity index (χ0) is 21.9. The summed E-state index contributed by atoms with van der Waals surface area (Å²) in [5.74, 6) is -1.12. The van der Waals surface area contributed by atoms with Crippen molar-refractivity contribution in [1.29, 1.82) is 0 Å². The molecule has 0 bridgehead atoms. The minimum atomic E-state index is -4.14. The van der Waals surface area contributed by atoms with Crippen LogP contribution in [-0.4, -0.2) is 51.9 Å². The van der Waals surface area contributed by atoms with Gasteiger partial charge in [-0.15, -0.1) is 0 Å². The molecule has 9 nitrogen and oxygen atoms in total. The molecule has 3 rings (SSSR count). The first-order valence-electron chi connectivity index (χ1n) is 9.28. The number of rotatable bonds is 8. The normalized spacial score (nSPS) is 15.1. The molecule has 2 aromatic carbocycles. The second-order valence-corrected chi connectivity index (χ2v) is 10.2. The van der Waals surface area contributed by atoms with E-state index in [0.29, 0.717) is 13.1 Å². The van der Waals surface area contributed by atoms with Gasteiger partial charge in [0.2, 0.25) is 10.0 Å². The van der Waals surface area contributed by atoms with Crippen molar-refractivity contribution in [3.05, 3.63) is 48.0 Å². The van der Waals surface area contributed by atoms with Crippen molar-refractivity contribution in [2.45, 2.75) is 29.6 Å². The van der Waals surface area contributed by atoms with Gasteiger partial charge in [-0.3, -0.25) is 4.72 Å². The Hall–Kier alpha value is -2.63. The van der Waals surface area contributed by atoms with Crippen molar-refractivity contribution in [3.63, 3.8) is 0 Å². The van der Waals surface area contributed by atoms with E-state index in [9.17, 15) is 21.6 Å². The van der Waals surface area contributed by atoms with Crippen LogP contribution in [0.2, 0.25) is 0 Å². The number of carboxylic acids is 1. The molecule has 1 aliphatic heterocycles. The summed E-state index contributed by atoms with van der Waals surface area (Å²) in [4.78, 5) is 10.7. The minimum Gasteiger partial charge on any atom is -0.492 e. The third-order valence-electron chi connectivity index (χ3n) is 4.57. The van der Waals surface area contributed by atoms with Crippen molar-refractivity contribution < 1.29 is 31.5 Å². The Bertz CT molecular complexity index is 1160. The predicted molar refractivity (Wildman–Crippen MR) is 110 cm³/mol. The molecule has 0 aliphatic carbocycles. The van der Waals surface area contributed by atoms with Gasteiger partial charge in [0, 0.05) is 13.1 Å². The molecule has 0 amide bonds. The van der Waals surface area contributed by atoms with E-state index >= 15 is 0 Å². The number of ether oxygens (including phenoxy) is 1. The van der Waals surface area contributed by atoms with Crippen LogP contribution in [0.25, 0.3) is 0 Å². The van der Waals surface area contributed by atoms with Gasteiger partial charge in [-0.1, -0.05) is 6.07 Å². The Morgan fingerprint density at radius 2 is 1.80 bits per heavy atom. The Kier molecular flexibility index (Phi) is 6.34. The molecular formula is C19H22N2O7S2. The van der Waals surface area contributed by atoms with Crippen LogP contribution in [0, 0.1) is 0 Å².